The maximum absolute atomic E-state index is 13.4. The monoisotopic (exact) mass is 418 g/mol. The van der Waals surface area contributed by atoms with Crippen LogP contribution in [-0.2, 0) is 20.7 Å². The van der Waals surface area contributed by atoms with Crippen LogP contribution in [0.15, 0.2) is 66.7 Å². The summed E-state index contributed by atoms with van der Waals surface area (Å²) in [5.41, 5.74) is 1.29. The highest BCUT2D eigenvalue weighted by molar-refractivity contribution is 6.03. The molecule has 1 N–H and O–H groups in total. The van der Waals surface area contributed by atoms with Crippen molar-refractivity contribution in [3.05, 3.63) is 72.3 Å². The van der Waals surface area contributed by atoms with Crippen LogP contribution in [0.1, 0.15) is 12.0 Å². The fraction of sp³-hybridized carbons (Fsp3) is 0.360. The van der Waals surface area contributed by atoms with Gasteiger partial charge < -0.3 is 19.7 Å². The number of nitrogens with zero attached hydrogens (tertiary/aromatic N) is 1. The Labute approximate surface area is 181 Å². The molecule has 5 rings (SSSR count). The number of methoxy groups -OCH3 is 1. The van der Waals surface area contributed by atoms with Crippen LogP contribution < -0.4 is 15.0 Å². The summed E-state index contributed by atoms with van der Waals surface area (Å²) in [5, 5.41) is 3.04. The van der Waals surface area contributed by atoms with Gasteiger partial charge in [-0.3, -0.25) is 9.59 Å². The lowest BCUT2D eigenvalue weighted by Crippen LogP contribution is -2.44. The van der Waals surface area contributed by atoms with Gasteiger partial charge in [0.2, 0.25) is 11.8 Å². The fourth-order valence-electron chi connectivity index (χ4n) is 5.06. The van der Waals surface area contributed by atoms with Crippen LogP contribution in [0.2, 0.25) is 0 Å². The zero-order chi connectivity index (χ0) is 21.4. The number of anilines is 1. The zero-order valence-corrected chi connectivity index (χ0v) is 17.5. The van der Waals surface area contributed by atoms with Crippen molar-refractivity contribution in [2.24, 2.45) is 11.8 Å². The summed E-state index contributed by atoms with van der Waals surface area (Å²) in [4.78, 5) is 28.2. The van der Waals surface area contributed by atoms with Crippen LogP contribution in [0.5, 0.6) is 5.75 Å². The Kier molecular flexibility index (Phi) is 5.02. The highest BCUT2D eigenvalue weighted by atomic mass is 16.5. The SMILES string of the molecule is COc1cccc(N2C[C@]34C=C[C@@H](O3)[C@H](C(=O)NCCCc3ccccc3)[C@H]4C2=O)c1. The normalized spacial score (nSPS) is 28.1. The van der Waals surface area contributed by atoms with E-state index < -0.39 is 17.4 Å². The lowest BCUT2D eigenvalue weighted by atomic mass is 9.77. The molecule has 2 aromatic carbocycles. The van der Waals surface area contributed by atoms with Crippen molar-refractivity contribution in [1.82, 2.24) is 5.32 Å². The summed E-state index contributed by atoms with van der Waals surface area (Å²) in [5.74, 6) is -0.472. The quantitative estimate of drug-likeness (QED) is 0.555. The zero-order valence-electron chi connectivity index (χ0n) is 17.5. The van der Waals surface area contributed by atoms with Crippen LogP contribution in [0, 0.1) is 11.8 Å². The van der Waals surface area contributed by atoms with Crippen LogP contribution >= 0.6 is 0 Å². The highest BCUT2D eigenvalue weighted by Gasteiger charge is 2.67. The Morgan fingerprint density at radius 1 is 1.23 bits per heavy atom. The average Bonchev–Trinajstić information content (AvgIpc) is 3.45. The third-order valence-electron chi connectivity index (χ3n) is 6.55. The number of hydrogen-bond acceptors (Lipinski definition) is 4. The lowest BCUT2D eigenvalue weighted by Gasteiger charge is -2.23. The Balaban J connectivity index is 1.27. The summed E-state index contributed by atoms with van der Waals surface area (Å²) in [6.07, 6.45) is 5.33. The van der Waals surface area contributed by atoms with Crippen molar-refractivity contribution in [3.63, 3.8) is 0 Å². The minimum Gasteiger partial charge on any atom is -0.497 e. The van der Waals surface area contributed by atoms with Crippen molar-refractivity contribution in [1.29, 1.82) is 0 Å². The van der Waals surface area contributed by atoms with Crippen molar-refractivity contribution in [2.45, 2.75) is 24.5 Å². The molecular formula is C25H26N2O4. The van der Waals surface area contributed by atoms with Crippen LogP contribution in [0.3, 0.4) is 0 Å². The number of ether oxygens (including phenoxy) is 2. The number of aryl methyl sites for hydroxylation is 1. The molecule has 160 valence electrons. The number of carbonyl (C=O) groups is 2. The Morgan fingerprint density at radius 3 is 2.87 bits per heavy atom. The molecule has 31 heavy (non-hydrogen) atoms. The minimum absolute atomic E-state index is 0.0652. The van der Waals surface area contributed by atoms with Crippen LogP contribution in [0.4, 0.5) is 5.69 Å². The topological polar surface area (TPSA) is 67.9 Å². The molecule has 2 amide bonds. The van der Waals surface area contributed by atoms with E-state index in [-0.39, 0.29) is 17.9 Å². The molecule has 0 saturated carbocycles. The molecule has 6 heteroatoms. The number of rotatable bonds is 7. The smallest absolute Gasteiger partial charge is 0.234 e. The molecule has 2 fully saturated rings. The molecule has 6 nitrogen and oxygen atoms in total. The van der Waals surface area contributed by atoms with Crippen LogP contribution in [0.25, 0.3) is 0 Å². The number of benzene rings is 2. The van der Waals surface area contributed by atoms with Gasteiger partial charge in [0, 0.05) is 18.3 Å². The van der Waals surface area contributed by atoms with E-state index in [1.807, 2.05) is 54.6 Å². The number of carbonyl (C=O) groups excluding carboxylic acids is 2. The van der Waals surface area contributed by atoms with Crippen molar-refractivity contribution < 1.29 is 19.1 Å². The predicted molar refractivity (Wildman–Crippen MR) is 117 cm³/mol. The first-order chi connectivity index (χ1) is 15.1. The third-order valence-corrected chi connectivity index (χ3v) is 6.55. The Bertz CT molecular complexity index is 1020. The molecule has 0 aliphatic carbocycles. The Hall–Kier alpha value is -3.12. The second kappa shape index (κ2) is 7.85. The number of nitrogens with one attached hydrogen (secondary N) is 1. The maximum atomic E-state index is 13.4. The second-order valence-electron chi connectivity index (χ2n) is 8.41. The van der Waals surface area contributed by atoms with E-state index >= 15 is 0 Å². The van der Waals surface area contributed by atoms with E-state index in [0.29, 0.717) is 18.8 Å². The summed E-state index contributed by atoms with van der Waals surface area (Å²) >= 11 is 0. The van der Waals surface area contributed by atoms with Gasteiger partial charge in [-0.25, -0.2) is 0 Å². The number of fused-ring (bicyclic) bond motifs is 1. The van der Waals surface area contributed by atoms with Gasteiger partial charge in [0.25, 0.3) is 0 Å². The molecule has 2 bridgehead atoms. The molecule has 3 aliphatic rings. The third kappa shape index (κ3) is 3.41. The molecule has 0 radical (unpaired) electrons. The van der Waals surface area contributed by atoms with E-state index in [1.54, 1.807) is 12.0 Å². The molecule has 2 saturated heterocycles. The summed E-state index contributed by atoms with van der Waals surface area (Å²) < 4.78 is 11.5. The van der Waals surface area contributed by atoms with Gasteiger partial charge in [-0.15, -0.1) is 0 Å². The van der Waals surface area contributed by atoms with Gasteiger partial charge in [0.1, 0.15) is 11.4 Å². The molecule has 2 aromatic rings. The maximum Gasteiger partial charge on any atom is 0.234 e. The van der Waals surface area contributed by atoms with E-state index in [2.05, 4.69) is 17.4 Å². The first kappa shape index (κ1) is 19.8. The molecule has 1 spiro atoms. The predicted octanol–water partition coefficient (Wildman–Crippen LogP) is 2.73. The van der Waals surface area contributed by atoms with Gasteiger partial charge in [-0.2, -0.15) is 0 Å². The largest absolute Gasteiger partial charge is 0.497 e. The van der Waals surface area contributed by atoms with E-state index in [4.69, 9.17) is 9.47 Å². The number of hydrogen-bond donors (Lipinski definition) is 1. The van der Waals surface area contributed by atoms with Crippen LogP contribution in [-0.4, -0.2) is 43.7 Å². The molecule has 4 atom stereocenters. The van der Waals surface area contributed by atoms with Crippen molar-refractivity contribution in [2.75, 3.05) is 25.1 Å². The van der Waals surface area contributed by atoms with E-state index in [9.17, 15) is 9.59 Å². The molecule has 0 unspecified atom stereocenters. The average molecular weight is 418 g/mol. The van der Waals surface area contributed by atoms with Gasteiger partial charge in [0.15, 0.2) is 0 Å². The highest BCUT2D eigenvalue weighted by Crippen LogP contribution is 2.52. The number of amides is 2. The second-order valence-corrected chi connectivity index (χ2v) is 8.41. The molecular weight excluding hydrogens is 392 g/mol. The van der Waals surface area contributed by atoms with E-state index in [0.717, 1.165) is 18.5 Å². The molecule has 3 aliphatic heterocycles. The van der Waals surface area contributed by atoms with Gasteiger partial charge >= 0.3 is 0 Å². The van der Waals surface area contributed by atoms with Crippen molar-refractivity contribution >= 4 is 17.5 Å². The molecule has 3 heterocycles. The summed E-state index contributed by atoms with van der Waals surface area (Å²) in [7, 11) is 1.60. The fourth-order valence-corrected chi connectivity index (χ4v) is 5.06. The first-order valence-electron chi connectivity index (χ1n) is 10.8. The summed E-state index contributed by atoms with van der Waals surface area (Å²) in [6, 6.07) is 17.6. The standard InChI is InChI=1S/C25H26N2O4/c1-30-19-11-5-10-18(15-19)27-16-25-13-12-20(31-25)21(22(25)24(27)29)23(28)26-14-6-9-17-7-3-2-4-8-17/h2-5,7-8,10-13,15,20-22H,6,9,14,16H2,1H3,(H,26,28)/t20-,21+,22+,25+/m1/s1. The minimum atomic E-state index is -0.725. The lowest BCUT2D eigenvalue weighted by molar-refractivity contribution is -0.131. The summed E-state index contributed by atoms with van der Waals surface area (Å²) in [6.45, 7) is 0.989. The van der Waals surface area contributed by atoms with Gasteiger partial charge in [0.05, 0.1) is 31.6 Å². The van der Waals surface area contributed by atoms with Crippen molar-refractivity contribution in [3.8, 4) is 5.75 Å². The van der Waals surface area contributed by atoms with Gasteiger partial charge in [-0.05, 0) is 30.5 Å². The first-order valence-corrected chi connectivity index (χ1v) is 10.8. The van der Waals surface area contributed by atoms with E-state index in [1.165, 1.54) is 5.56 Å². The molecule has 0 aromatic heterocycles. The van der Waals surface area contributed by atoms with Gasteiger partial charge in [-0.1, -0.05) is 48.6 Å². The Morgan fingerprint density at radius 2 is 2.06 bits per heavy atom.